The van der Waals surface area contributed by atoms with Crippen LogP contribution in [0.5, 0.6) is 0 Å². The SMILES string of the molecule is CCN1CCCC1CNC(=NCc1nc(C(C)C)cs1)NCCc1ccco1. The lowest BCUT2D eigenvalue weighted by Crippen LogP contribution is -2.45. The number of hydrogen-bond acceptors (Lipinski definition) is 5. The van der Waals surface area contributed by atoms with Crippen molar-refractivity contribution >= 4 is 17.3 Å². The molecule has 1 saturated heterocycles. The maximum atomic E-state index is 5.42. The Morgan fingerprint density at radius 1 is 1.43 bits per heavy atom. The molecular weight excluding hydrogens is 370 g/mol. The Hall–Kier alpha value is -1.86. The lowest BCUT2D eigenvalue weighted by molar-refractivity contribution is 0.267. The zero-order chi connectivity index (χ0) is 19.8. The van der Waals surface area contributed by atoms with Crippen LogP contribution in [0.25, 0.3) is 0 Å². The molecule has 1 unspecified atom stereocenters. The minimum absolute atomic E-state index is 0.459. The van der Waals surface area contributed by atoms with Crippen molar-refractivity contribution in [1.29, 1.82) is 0 Å². The van der Waals surface area contributed by atoms with Gasteiger partial charge in [0.05, 0.1) is 18.5 Å². The molecule has 1 atom stereocenters. The average molecular weight is 404 g/mol. The van der Waals surface area contributed by atoms with E-state index in [1.807, 2.05) is 12.1 Å². The van der Waals surface area contributed by atoms with Crippen LogP contribution in [0.4, 0.5) is 0 Å². The molecule has 1 aliphatic rings. The quantitative estimate of drug-likeness (QED) is 0.494. The monoisotopic (exact) mass is 403 g/mol. The van der Waals surface area contributed by atoms with Crippen molar-refractivity contribution < 1.29 is 4.42 Å². The smallest absolute Gasteiger partial charge is 0.191 e. The van der Waals surface area contributed by atoms with E-state index in [1.54, 1.807) is 17.6 Å². The molecule has 0 bridgehead atoms. The molecule has 28 heavy (non-hydrogen) atoms. The molecular formula is C21H33N5OS. The van der Waals surface area contributed by atoms with E-state index in [2.05, 4.69) is 41.7 Å². The summed E-state index contributed by atoms with van der Waals surface area (Å²) in [5.41, 5.74) is 1.15. The highest BCUT2D eigenvalue weighted by Gasteiger charge is 2.22. The molecule has 0 aliphatic carbocycles. The predicted molar refractivity (Wildman–Crippen MR) is 116 cm³/mol. The molecule has 2 aromatic heterocycles. The zero-order valence-corrected chi connectivity index (χ0v) is 18.1. The molecule has 0 amide bonds. The molecule has 0 saturated carbocycles. The van der Waals surface area contributed by atoms with Crippen LogP contribution in [-0.2, 0) is 13.0 Å². The number of aromatic nitrogens is 1. The average Bonchev–Trinajstić information content (AvgIpc) is 3.45. The maximum Gasteiger partial charge on any atom is 0.191 e. The van der Waals surface area contributed by atoms with Gasteiger partial charge >= 0.3 is 0 Å². The van der Waals surface area contributed by atoms with E-state index in [9.17, 15) is 0 Å². The third-order valence-electron chi connectivity index (χ3n) is 5.19. The van der Waals surface area contributed by atoms with Gasteiger partial charge in [-0.2, -0.15) is 0 Å². The molecule has 0 spiro atoms. The summed E-state index contributed by atoms with van der Waals surface area (Å²) in [6.45, 7) is 11.2. The molecule has 1 fully saturated rings. The van der Waals surface area contributed by atoms with Crippen LogP contribution in [0.15, 0.2) is 33.2 Å². The maximum absolute atomic E-state index is 5.42. The molecule has 0 radical (unpaired) electrons. The first-order chi connectivity index (χ1) is 13.7. The van der Waals surface area contributed by atoms with Gasteiger partial charge in [-0.3, -0.25) is 4.90 Å². The molecule has 2 N–H and O–H groups in total. The van der Waals surface area contributed by atoms with Crippen molar-refractivity contribution in [3.8, 4) is 0 Å². The lowest BCUT2D eigenvalue weighted by Gasteiger charge is -2.24. The Morgan fingerprint density at radius 3 is 3.04 bits per heavy atom. The largest absolute Gasteiger partial charge is 0.469 e. The third kappa shape index (κ3) is 6.07. The minimum Gasteiger partial charge on any atom is -0.469 e. The van der Waals surface area contributed by atoms with E-state index in [-0.39, 0.29) is 0 Å². The van der Waals surface area contributed by atoms with Crippen LogP contribution in [-0.4, -0.2) is 48.1 Å². The van der Waals surface area contributed by atoms with E-state index in [0.29, 0.717) is 18.5 Å². The molecule has 3 rings (SSSR count). The fourth-order valence-electron chi connectivity index (χ4n) is 3.50. The van der Waals surface area contributed by atoms with Gasteiger partial charge in [-0.15, -0.1) is 11.3 Å². The molecule has 0 aromatic carbocycles. The summed E-state index contributed by atoms with van der Waals surface area (Å²) in [5, 5.41) is 10.2. The van der Waals surface area contributed by atoms with Gasteiger partial charge in [0.1, 0.15) is 10.8 Å². The first-order valence-electron chi connectivity index (χ1n) is 10.4. The highest BCUT2D eigenvalue weighted by atomic mass is 32.1. The van der Waals surface area contributed by atoms with Gasteiger partial charge in [-0.1, -0.05) is 20.8 Å². The van der Waals surface area contributed by atoms with Crippen LogP contribution in [0, 0.1) is 0 Å². The molecule has 3 heterocycles. The van der Waals surface area contributed by atoms with E-state index in [1.165, 1.54) is 19.4 Å². The van der Waals surface area contributed by atoms with Crippen LogP contribution < -0.4 is 10.6 Å². The predicted octanol–water partition coefficient (Wildman–Crippen LogP) is 3.62. The minimum atomic E-state index is 0.459. The fourth-order valence-corrected chi connectivity index (χ4v) is 4.38. The number of hydrogen-bond donors (Lipinski definition) is 2. The summed E-state index contributed by atoms with van der Waals surface area (Å²) >= 11 is 1.69. The summed E-state index contributed by atoms with van der Waals surface area (Å²) in [4.78, 5) is 12.0. The highest BCUT2D eigenvalue weighted by Crippen LogP contribution is 2.18. The van der Waals surface area contributed by atoms with Crippen molar-refractivity contribution in [2.75, 3.05) is 26.2 Å². The van der Waals surface area contributed by atoms with E-state index in [0.717, 1.165) is 48.5 Å². The van der Waals surface area contributed by atoms with Gasteiger partial charge in [-0.05, 0) is 44.0 Å². The van der Waals surface area contributed by atoms with Gasteiger partial charge in [0.25, 0.3) is 0 Å². The summed E-state index contributed by atoms with van der Waals surface area (Å²) in [6, 6.07) is 4.53. The standard InChI is InChI=1S/C21H33N5OS/c1-4-26-11-5-7-17(26)13-23-21(22-10-9-18-8-6-12-27-18)24-14-20-25-19(15-28-20)16(2)3/h6,8,12,15-17H,4-5,7,9-11,13-14H2,1-3H3,(H2,22,23,24). The van der Waals surface area contributed by atoms with Crippen molar-refractivity contribution in [3.63, 3.8) is 0 Å². The van der Waals surface area contributed by atoms with Gasteiger partial charge in [0, 0.05) is 30.9 Å². The van der Waals surface area contributed by atoms with Gasteiger partial charge in [-0.25, -0.2) is 9.98 Å². The summed E-state index contributed by atoms with van der Waals surface area (Å²) in [7, 11) is 0. The van der Waals surface area contributed by atoms with E-state index in [4.69, 9.17) is 14.4 Å². The fraction of sp³-hybridized carbons (Fsp3) is 0.619. The zero-order valence-electron chi connectivity index (χ0n) is 17.3. The molecule has 2 aromatic rings. The van der Waals surface area contributed by atoms with Crippen molar-refractivity contribution in [2.24, 2.45) is 4.99 Å². The van der Waals surface area contributed by atoms with Crippen LogP contribution >= 0.6 is 11.3 Å². The van der Waals surface area contributed by atoms with Crippen molar-refractivity contribution in [2.45, 2.75) is 58.5 Å². The van der Waals surface area contributed by atoms with E-state index < -0.39 is 0 Å². The number of aliphatic imine (C=N–C) groups is 1. The number of nitrogens with zero attached hydrogens (tertiary/aromatic N) is 3. The number of likely N-dealkylation sites (tertiary alicyclic amines) is 1. The highest BCUT2D eigenvalue weighted by molar-refractivity contribution is 7.09. The van der Waals surface area contributed by atoms with Crippen LogP contribution in [0.2, 0.25) is 0 Å². The summed E-state index contributed by atoms with van der Waals surface area (Å²) < 4.78 is 5.42. The van der Waals surface area contributed by atoms with Crippen molar-refractivity contribution in [1.82, 2.24) is 20.5 Å². The number of likely N-dealkylation sites (N-methyl/N-ethyl adjacent to an activating group) is 1. The van der Waals surface area contributed by atoms with E-state index >= 15 is 0 Å². The topological polar surface area (TPSA) is 65.7 Å². The number of guanidine groups is 1. The summed E-state index contributed by atoms with van der Waals surface area (Å²) in [5.74, 6) is 2.30. The lowest BCUT2D eigenvalue weighted by atomic mass is 10.2. The molecule has 7 heteroatoms. The number of furan rings is 1. The Balaban J connectivity index is 1.57. The molecule has 1 aliphatic heterocycles. The Kier molecular flexibility index (Phi) is 7.91. The Labute approximate surface area is 172 Å². The molecule has 6 nitrogen and oxygen atoms in total. The number of thiazole rings is 1. The third-order valence-corrected chi connectivity index (χ3v) is 6.04. The second kappa shape index (κ2) is 10.6. The number of nitrogens with one attached hydrogen (secondary N) is 2. The van der Waals surface area contributed by atoms with Crippen LogP contribution in [0.1, 0.15) is 56.0 Å². The number of rotatable bonds is 9. The normalized spacial score (nSPS) is 18.1. The van der Waals surface area contributed by atoms with Gasteiger partial charge < -0.3 is 15.1 Å². The molecule has 154 valence electrons. The Morgan fingerprint density at radius 2 is 2.32 bits per heavy atom. The summed E-state index contributed by atoms with van der Waals surface area (Å²) in [6.07, 6.45) is 5.10. The first-order valence-corrected chi connectivity index (χ1v) is 11.3. The van der Waals surface area contributed by atoms with Crippen LogP contribution in [0.3, 0.4) is 0 Å². The Bertz CT molecular complexity index is 725. The van der Waals surface area contributed by atoms with Gasteiger partial charge in [0.2, 0.25) is 0 Å². The second-order valence-corrected chi connectivity index (χ2v) is 8.49. The van der Waals surface area contributed by atoms with Gasteiger partial charge in [0.15, 0.2) is 5.96 Å². The van der Waals surface area contributed by atoms with Crippen molar-refractivity contribution in [3.05, 3.63) is 40.2 Å². The second-order valence-electron chi connectivity index (χ2n) is 7.55. The first kappa shape index (κ1) is 20.9.